The molecular formula is C40H51N3O4S. The Labute approximate surface area is 287 Å². The van der Waals surface area contributed by atoms with Crippen molar-refractivity contribution in [2.45, 2.75) is 83.7 Å². The molecule has 0 unspecified atom stereocenters. The van der Waals surface area contributed by atoms with Crippen molar-refractivity contribution < 1.29 is 18.0 Å². The maximum atomic E-state index is 14.5. The smallest absolute Gasteiger partial charge is 0.244 e. The van der Waals surface area contributed by atoms with Crippen LogP contribution in [0.25, 0.3) is 0 Å². The summed E-state index contributed by atoms with van der Waals surface area (Å²) in [6.45, 7) is 6.31. The Balaban J connectivity index is 1.30. The minimum atomic E-state index is -3.82. The second kappa shape index (κ2) is 14.1. The molecule has 1 atom stereocenters. The summed E-state index contributed by atoms with van der Waals surface area (Å²) in [6, 6.07) is 24.7. The lowest BCUT2D eigenvalue weighted by molar-refractivity contribution is -0.140. The number of aryl methyl sites for hydroxylation is 1. The van der Waals surface area contributed by atoms with Gasteiger partial charge in [-0.25, -0.2) is 8.42 Å². The van der Waals surface area contributed by atoms with Crippen LogP contribution in [0.5, 0.6) is 0 Å². The van der Waals surface area contributed by atoms with Gasteiger partial charge in [0.05, 0.1) is 11.9 Å². The van der Waals surface area contributed by atoms with Crippen LogP contribution in [0.2, 0.25) is 0 Å². The van der Waals surface area contributed by atoms with Crippen LogP contribution in [0, 0.1) is 30.6 Å². The number of nitrogens with zero attached hydrogens (tertiary/aromatic N) is 2. The highest BCUT2D eigenvalue weighted by atomic mass is 32.2. The van der Waals surface area contributed by atoms with Crippen molar-refractivity contribution in [2.75, 3.05) is 23.7 Å². The van der Waals surface area contributed by atoms with Gasteiger partial charge in [0.25, 0.3) is 0 Å². The third-order valence-electron chi connectivity index (χ3n) is 10.9. The summed E-state index contributed by atoms with van der Waals surface area (Å²) in [5.74, 6) is 1.98. The van der Waals surface area contributed by atoms with Gasteiger partial charge < -0.3 is 10.2 Å². The van der Waals surface area contributed by atoms with E-state index >= 15 is 0 Å². The lowest BCUT2D eigenvalue weighted by Gasteiger charge is -2.57. The Morgan fingerprint density at radius 2 is 1.42 bits per heavy atom. The van der Waals surface area contributed by atoms with Crippen molar-refractivity contribution in [1.82, 2.24) is 10.2 Å². The minimum Gasteiger partial charge on any atom is -0.354 e. The molecule has 3 aromatic carbocycles. The average Bonchev–Trinajstić information content (AvgIpc) is 3.04. The molecule has 0 aromatic heterocycles. The number of carbonyl (C=O) groups excluding carboxylic acids is 2. The van der Waals surface area contributed by atoms with E-state index in [0.29, 0.717) is 18.7 Å². The van der Waals surface area contributed by atoms with Gasteiger partial charge in [-0.15, -0.1) is 0 Å². The maximum Gasteiger partial charge on any atom is 0.244 e. The standard InChI is InChI=1S/C40H51N3O4S/c1-28(2)25-41-39(45)37(21-30-8-6-5-7-9-30)42(26-31-12-10-29(3)11-13-31)38(44)27-43(48(4,46)47)36-16-14-35(15-17-36)40-22-32-18-33(23-40)20-34(19-32)24-40/h5-17,28,32-34,37H,18-27H2,1-4H3,(H,41,45)/t32?,33?,34?,37-,40?/m1/s1. The molecule has 8 heteroatoms. The van der Waals surface area contributed by atoms with E-state index in [2.05, 4.69) is 17.4 Å². The molecule has 7 rings (SSSR count). The van der Waals surface area contributed by atoms with E-state index in [1.54, 1.807) is 4.90 Å². The fourth-order valence-corrected chi connectivity index (χ4v) is 9.78. The lowest BCUT2D eigenvalue weighted by atomic mass is 9.48. The van der Waals surface area contributed by atoms with Gasteiger partial charge in [0.15, 0.2) is 0 Å². The predicted molar refractivity (Wildman–Crippen MR) is 192 cm³/mol. The van der Waals surface area contributed by atoms with E-state index in [4.69, 9.17) is 0 Å². The number of hydrogen-bond donors (Lipinski definition) is 1. The van der Waals surface area contributed by atoms with Gasteiger partial charge in [0.1, 0.15) is 12.6 Å². The van der Waals surface area contributed by atoms with E-state index in [9.17, 15) is 18.0 Å². The Morgan fingerprint density at radius 1 is 0.833 bits per heavy atom. The van der Waals surface area contributed by atoms with Gasteiger partial charge in [-0.3, -0.25) is 13.9 Å². The molecule has 1 N–H and O–H groups in total. The SMILES string of the molecule is Cc1ccc(CN(C(=O)CN(c2ccc(C34CC5CC(CC(C5)C3)C4)cc2)S(C)(=O)=O)[C@H](Cc2ccccc2)C(=O)NCC(C)C)cc1. The Kier molecular flexibility index (Phi) is 10.0. The van der Waals surface area contributed by atoms with Gasteiger partial charge in [0.2, 0.25) is 21.8 Å². The molecule has 3 aromatic rings. The highest BCUT2D eigenvalue weighted by Gasteiger charge is 2.51. The maximum absolute atomic E-state index is 14.5. The van der Waals surface area contributed by atoms with E-state index in [0.717, 1.165) is 40.7 Å². The first-order valence-electron chi connectivity index (χ1n) is 17.6. The van der Waals surface area contributed by atoms with Crippen molar-refractivity contribution in [1.29, 1.82) is 0 Å². The largest absolute Gasteiger partial charge is 0.354 e. The molecule has 0 radical (unpaired) electrons. The van der Waals surface area contributed by atoms with Gasteiger partial charge in [0, 0.05) is 19.5 Å². The summed E-state index contributed by atoms with van der Waals surface area (Å²) in [5.41, 5.74) is 4.85. The number of rotatable bonds is 13. The quantitative estimate of drug-likeness (QED) is 0.221. The Hall–Kier alpha value is -3.65. The van der Waals surface area contributed by atoms with Gasteiger partial charge >= 0.3 is 0 Å². The van der Waals surface area contributed by atoms with Crippen molar-refractivity contribution >= 4 is 27.5 Å². The number of benzene rings is 3. The summed E-state index contributed by atoms with van der Waals surface area (Å²) in [4.78, 5) is 29.9. The van der Waals surface area contributed by atoms with E-state index in [-0.39, 0.29) is 23.8 Å². The summed E-state index contributed by atoms with van der Waals surface area (Å²) >= 11 is 0. The summed E-state index contributed by atoms with van der Waals surface area (Å²) < 4.78 is 27.9. The van der Waals surface area contributed by atoms with Crippen molar-refractivity contribution in [3.63, 3.8) is 0 Å². The third-order valence-corrected chi connectivity index (χ3v) is 12.1. The highest BCUT2D eigenvalue weighted by molar-refractivity contribution is 7.92. The normalized spacial score (nSPS) is 23.6. The van der Waals surface area contributed by atoms with Crippen LogP contribution in [-0.2, 0) is 38.0 Å². The molecule has 4 bridgehead atoms. The molecule has 0 heterocycles. The predicted octanol–water partition coefficient (Wildman–Crippen LogP) is 6.64. The monoisotopic (exact) mass is 669 g/mol. The summed E-state index contributed by atoms with van der Waals surface area (Å²) in [7, 11) is -3.82. The molecule has 2 amide bonds. The van der Waals surface area contributed by atoms with Gasteiger partial charge in [-0.1, -0.05) is 86.1 Å². The van der Waals surface area contributed by atoms with Crippen LogP contribution in [0.4, 0.5) is 5.69 Å². The second-order valence-corrected chi connectivity index (χ2v) is 17.3. The van der Waals surface area contributed by atoms with Crippen molar-refractivity contribution in [2.24, 2.45) is 23.7 Å². The summed E-state index contributed by atoms with van der Waals surface area (Å²) in [5, 5.41) is 3.04. The first-order chi connectivity index (χ1) is 22.9. The fourth-order valence-electron chi connectivity index (χ4n) is 8.93. The molecule has 4 aliphatic rings. The molecule has 0 spiro atoms. The van der Waals surface area contributed by atoms with Crippen molar-refractivity contribution in [3.8, 4) is 0 Å². The molecule has 4 saturated carbocycles. The number of anilines is 1. The van der Waals surface area contributed by atoms with Gasteiger partial charge in [-0.2, -0.15) is 0 Å². The lowest BCUT2D eigenvalue weighted by Crippen LogP contribution is -2.53. The summed E-state index contributed by atoms with van der Waals surface area (Å²) in [6.07, 6.45) is 9.21. The molecule has 48 heavy (non-hydrogen) atoms. The second-order valence-electron chi connectivity index (χ2n) is 15.4. The molecule has 0 aliphatic heterocycles. The van der Waals surface area contributed by atoms with Crippen LogP contribution in [-0.4, -0.2) is 50.5 Å². The molecule has 4 fully saturated rings. The van der Waals surface area contributed by atoms with Crippen LogP contribution < -0.4 is 9.62 Å². The van der Waals surface area contributed by atoms with Crippen LogP contribution in [0.1, 0.15) is 74.6 Å². The first-order valence-corrected chi connectivity index (χ1v) is 19.5. The number of amides is 2. The molecule has 7 nitrogen and oxygen atoms in total. The molecule has 0 saturated heterocycles. The molecular weight excluding hydrogens is 619 g/mol. The zero-order chi connectivity index (χ0) is 34.1. The number of sulfonamides is 1. The number of nitrogens with one attached hydrogen (secondary N) is 1. The third kappa shape index (κ3) is 7.80. The highest BCUT2D eigenvalue weighted by Crippen LogP contribution is 2.60. The topological polar surface area (TPSA) is 86.8 Å². The zero-order valence-corrected chi connectivity index (χ0v) is 29.7. The van der Waals surface area contributed by atoms with E-state index in [1.165, 1.54) is 48.4 Å². The van der Waals surface area contributed by atoms with E-state index in [1.807, 2.05) is 87.5 Å². The number of carbonyl (C=O) groups is 2. The van der Waals surface area contributed by atoms with E-state index < -0.39 is 28.5 Å². The Morgan fingerprint density at radius 3 is 1.96 bits per heavy atom. The minimum absolute atomic E-state index is 0.175. The average molecular weight is 670 g/mol. The van der Waals surface area contributed by atoms with Crippen LogP contribution in [0.3, 0.4) is 0 Å². The Bertz CT molecular complexity index is 1650. The van der Waals surface area contributed by atoms with Crippen LogP contribution >= 0.6 is 0 Å². The van der Waals surface area contributed by atoms with Crippen LogP contribution in [0.15, 0.2) is 78.9 Å². The molecule has 256 valence electrons. The van der Waals surface area contributed by atoms with Gasteiger partial charge in [-0.05, 0) is 103 Å². The first kappa shape index (κ1) is 34.2. The zero-order valence-electron chi connectivity index (χ0n) is 28.9. The number of hydrogen-bond acceptors (Lipinski definition) is 4. The fraction of sp³-hybridized carbons (Fsp3) is 0.500. The van der Waals surface area contributed by atoms with Crippen molar-refractivity contribution in [3.05, 3.63) is 101 Å². The molecule has 4 aliphatic carbocycles.